The van der Waals surface area contributed by atoms with Gasteiger partial charge in [0.1, 0.15) is 0 Å². The van der Waals surface area contributed by atoms with Crippen molar-refractivity contribution in [1.82, 2.24) is 5.53 Å². The molecule has 0 aromatic heterocycles. The fraction of sp³-hybridized carbons (Fsp3) is 0. The Morgan fingerprint density at radius 2 is 1.32 bits per heavy atom. The van der Waals surface area contributed by atoms with E-state index in [4.69, 9.17) is 5.53 Å². The Labute approximate surface area is 111 Å². The third-order valence-corrected chi connectivity index (χ3v) is 3.46. The summed E-state index contributed by atoms with van der Waals surface area (Å²) < 4.78 is 29.0. The summed E-state index contributed by atoms with van der Waals surface area (Å²) >= 11 is 0. The summed E-state index contributed by atoms with van der Waals surface area (Å²) in [6, 6.07) is 16.7. The molecule has 0 amide bonds. The highest BCUT2D eigenvalue weighted by Gasteiger charge is 2.26. The van der Waals surface area contributed by atoms with Gasteiger partial charge in [-0.3, -0.25) is 0 Å². The summed E-state index contributed by atoms with van der Waals surface area (Å²) in [5, 5.41) is 2.25. The Morgan fingerprint density at radius 1 is 0.895 bits per heavy atom. The molecule has 0 spiro atoms. The summed E-state index contributed by atoms with van der Waals surface area (Å²) in [6.45, 7) is 0. The van der Waals surface area contributed by atoms with Crippen LogP contribution in [0.5, 0.6) is 0 Å². The molecule has 97 valence electrons. The molecule has 0 aliphatic carbocycles. The molecule has 0 N–H and O–H groups in total. The molecule has 0 atom stereocenters. The van der Waals surface area contributed by atoms with E-state index in [1.165, 1.54) is 0 Å². The van der Waals surface area contributed by atoms with Gasteiger partial charge in [0.2, 0.25) is 0 Å². The maximum Gasteiger partial charge on any atom is 0.435 e. The van der Waals surface area contributed by atoms with E-state index < -0.39 is 10.3 Å². The van der Waals surface area contributed by atoms with E-state index in [1.807, 2.05) is 0 Å². The molecule has 0 heterocycles. The van der Waals surface area contributed by atoms with Crippen molar-refractivity contribution in [1.29, 1.82) is 0 Å². The van der Waals surface area contributed by atoms with E-state index >= 15 is 0 Å². The molecule has 2 aromatic rings. The van der Waals surface area contributed by atoms with Gasteiger partial charge in [-0.25, -0.2) is 8.59 Å². The monoisotopic (exact) mass is 276 g/mol. The minimum atomic E-state index is -4.26. The van der Waals surface area contributed by atoms with E-state index in [0.717, 1.165) is 4.31 Å². The maximum absolute atomic E-state index is 12.0. The van der Waals surface area contributed by atoms with E-state index in [-0.39, 0.29) is 0 Å². The highest BCUT2D eigenvalue weighted by molar-refractivity contribution is 7.88. The Hall–Kier alpha value is -2.41. The van der Waals surface area contributed by atoms with Crippen LogP contribution < -0.4 is 9.84 Å². The van der Waals surface area contributed by atoms with Crippen LogP contribution in [0.3, 0.4) is 0 Å². The fourth-order valence-electron chi connectivity index (χ4n) is 1.61. The fourth-order valence-corrected chi connectivity index (χ4v) is 2.52. The van der Waals surface area contributed by atoms with Crippen LogP contribution in [0.25, 0.3) is 0 Å². The first-order chi connectivity index (χ1) is 9.15. The number of para-hydroxylation sites is 2. The number of rotatable bonds is 5. The van der Waals surface area contributed by atoms with Crippen molar-refractivity contribution in [3.8, 4) is 0 Å². The Kier molecular flexibility index (Phi) is 3.76. The van der Waals surface area contributed by atoms with Crippen molar-refractivity contribution in [2.45, 2.75) is 0 Å². The highest BCUT2D eigenvalue weighted by atomic mass is 32.2. The minimum Gasteiger partial charge on any atom is -0.230 e. The summed E-state index contributed by atoms with van der Waals surface area (Å²) in [5.41, 5.74) is 9.09. The molecule has 0 saturated carbocycles. The second-order valence-electron chi connectivity index (χ2n) is 3.55. The molecule has 19 heavy (non-hydrogen) atoms. The molecule has 2 rings (SSSR count). The van der Waals surface area contributed by atoms with Crippen LogP contribution in [0.1, 0.15) is 0 Å². The average molecular weight is 276 g/mol. The van der Waals surface area contributed by atoms with Gasteiger partial charge >= 0.3 is 10.3 Å². The van der Waals surface area contributed by atoms with Crippen molar-refractivity contribution in [2.24, 2.45) is 5.28 Å². The van der Waals surface area contributed by atoms with Crippen molar-refractivity contribution in [3.05, 3.63) is 60.7 Å². The first kappa shape index (κ1) is 13.0. The molecule has 0 bridgehead atoms. The van der Waals surface area contributed by atoms with Crippen LogP contribution in [0, 0.1) is 0 Å². The third kappa shape index (κ3) is 2.89. The van der Waals surface area contributed by atoms with Crippen LogP contribution in [0.4, 0.5) is 11.4 Å². The zero-order valence-corrected chi connectivity index (χ0v) is 10.6. The zero-order chi connectivity index (χ0) is 13.7. The normalized spacial score (nSPS) is 10.7. The summed E-state index contributed by atoms with van der Waals surface area (Å²) in [7, 11) is -4.26. The number of benzene rings is 2. The topological polar surface area (TPSA) is 81.3 Å². The predicted molar refractivity (Wildman–Crippen MR) is 69.6 cm³/mol. The van der Waals surface area contributed by atoms with Gasteiger partial charge in [-0.15, -0.1) is 0 Å². The lowest BCUT2D eigenvalue weighted by Gasteiger charge is -2.21. The van der Waals surface area contributed by atoms with Gasteiger partial charge < -0.3 is 0 Å². The molecule has 0 fully saturated rings. The van der Waals surface area contributed by atoms with Crippen LogP contribution >= 0.6 is 0 Å². The lowest BCUT2D eigenvalue weighted by Crippen LogP contribution is -2.26. The van der Waals surface area contributed by atoms with Gasteiger partial charge in [-0.1, -0.05) is 36.4 Å². The molecule has 0 aliphatic heterocycles. The minimum absolute atomic E-state index is 0.373. The summed E-state index contributed by atoms with van der Waals surface area (Å²) in [6.07, 6.45) is 0. The second-order valence-corrected chi connectivity index (χ2v) is 4.92. The van der Waals surface area contributed by atoms with Crippen LogP contribution in [0.15, 0.2) is 65.9 Å². The van der Waals surface area contributed by atoms with Gasteiger partial charge in [0.15, 0.2) is 0 Å². The lowest BCUT2D eigenvalue weighted by atomic mass is 10.3. The lowest BCUT2D eigenvalue weighted by molar-refractivity contribution is 0.314. The van der Waals surface area contributed by atoms with E-state index in [1.54, 1.807) is 60.7 Å². The largest absolute Gasteiger partial charge is 0.435 e. The van der Waals surface area contributed by atoms with E-state index in [0.29, 0.717) is 11.4 Å². The van der Waals surface area contributed by atoms with E-state index in [2.05, 4.69) is 9.56 Å². The van der Waals surface area contributed by atoms with Gasteiger partial charge in [-0.05, 0) is 24.3 Å². The molecule has 0 saturated heterocycles. The zero-order valence-electron chi connectivity index (χ0n) is 9.75. The smallest absolute Gasteiger partial charge is 0.230 e. The van der Waals surface area contributed by atoms with Crippen molar-refractivity contribution < 1.29 is 12.7 Å². The number of anilines is 2. The molecule has 7 heteroatoms. The third-order valence-electron chi connectivity index (χ3n) is 2.33. The second kappa shape index (κ2) is 5.49. The number of hydrogen-bond donors (Lipinski definition) is 0. The Bertz CT molecular complexity index is 605. The quantitative estimate of drug-likeness (QED) is 0.620. The molecular weight excluding hydrogens is 266 g/mol. The molecule has 2 aromatic carbocycles. The maximum atomic E-state index is 12.0. The first-order valence-electron chi connectivity index (χ1n) is 5.33. The molecule has 0 aliphatic rings. The van der Waals surface area contributed by atoms with E-state index in [9.17, 15) is 8.42 Å². The number of nitrogens with zero attached hydrogens (tertiary/aromatic N) is 3. The van der Waals surface area contributed by atoms with Gasteiger partial charge in [0.05, 0.1) is 16.7 Å². The predicted octanol–water partition coefficient (Wildman–Crippen LogP) is 2.25. The Morgan fingerprint density at radius 3 is 1.68 bits per heavy atom. The molecule has 1 radical (unpaired) electrons. The van der Waals surface area contributed by atoms with Gasteiger partial charge in [0.25, 0.3) is 0 Å². The van der Waals surface area contributed by atoms with Crippen molar-refractivity contribution in [3.63, 3.8) is 0 Å². The molecule has 6 nitrogen and oxygen atoms in total. The number of hydrogen-bond acceptors (Lipinski definition) is 4. The summed E-state index contributed by atoms with van der Waals surface area (Å²) in [5.74, 6) is 0. The van der Waals surface area contributed by atoms with Crippen molar-refractivity contribution >= 4 is 21.7 Å². The average Bonchev–Trinajstić information content (AvgIpc) is 2.41. The van der Waals surface area contributed by atoms with Gasteiger partial charge in [0, 0.05) is 5.53 Å². The van der Waals surface area contributed by atoms with Crippen LogP contribution in [-0.2, 0) is 14.6 Å². The van der Waals surface area contributed by atoms with Crippen LogP contribution in [0.2, 0.25) is 0 Å². The standard InChI is InChI=1S/C12H10N3O3S/c13-14-18-19(16,17)15(11-7-3-1-4-8-11)12-9-5-2-6-10-12/h1-10H. The first-order valence-corrected chi connectivity index (χ1v) is 6.70. The molecule has 0 unspecified atom stereocenters. The molecular formula is C12H10N3O3S. The van der Waals surface area contributed by atoms with Crippen LogP contribution in [-0.4, -0.2) is 8.42 Å². The van der Waals surface area contributed by atoms with Gasteiger partial charge in [-0.2, -0.15) is 8.42 Å². The van der Waals surface area contributed by atoms with Crippen molar-refractivity contribution in [2.75, 3.05) is 4.31 Å². The summed E-state index contributed by atoms with van der Waals surface area (Å²) in [4.78, 5) is 0. The highest BCUT2D eigenvalue weighted by Crippen LogP contribution is 2.28. The SMILES string of the molecule is [N]=NOS(=O)(=O)N(c1ccccc1)c1ccccc1. The Balaban J connectivity index is 2.55.